The molecular formula is C18H26ClNO. The zero-order valence-corrected chi connectivity index (χ0v) is 13.9. The van der Waals surface area contributed by atoms with Gasteiger partial charge in [0.05, 0.1) is 0 Å². The topological polar surface area (TPSA) is 21.3 Å². The van der Waals surface area contributed by atoms with E-state index in [-0.39, 0.29) is 5.60 Å². The summed E-state index contributed by atoms with van der Waals surface area (Å²) >= 11 is 6.34. The zero-order valence-electron chi connectivity index (χ0n) is 13.2. The summed E-state index contributed by atoms with van der Waals surface area (Å²) in [5.41, 5.74) is 2.42. The van der Waals surface area contributed by atoms with Gasteiger partial charge in [-0.25, -0.2) is 0 Å². The van der Waals surface area contributed by atoms with Crippen LogP contribution in [0.15, 0.2) is 12.1 Å². The van der Waals surface area contributed by atoms with E-state index < -0.39 is 0 Å². The molecule has 1 aliphatic heterocycles. The van der Waals surface area contributed by atoms with Gasteiger partial charge in [0, 0.05) is 23.0 Å². The largest absolute Gasteiger partial charge is 0.487 e. The van der Waals surface area contributed by atoms with E-state index in [4.69, 9.17) is 16.3 Å². The van der Waals surface area contributed by atoms with Gasteiger partial charge in [0.1, 0.15) is 11.4 Å². The lowest BCUT2D eigenvalue weighted by molar-refractivity contribution is 0.0367. The van der Waals surface area contributed by atoms with Crippen molar-refractivity contribution in [3.05, 3.63) is 28.3 Å². The van der Waals surface area contributed by atoms with Gasteiger partial charge in [-0.3, -0.25) is 0 Å². The minimum Gasteiger partial charge on any atom is -0.487 e. The van der Waals surface area contributed by atoms with Crippen LogP contribution in [0.2, 0.25) is 5.02 Å². The predicted molar refractivity (Wildman–Crippen MR) is 88.3 cm³/mol. The van der Waals surface area contributed by atoms with E-state index in [0.717, 1.165) is 29.3 Å². The lowest BCUT2D eigenvalue weighted by Gasteiger charge is -2.40. The van der Waals surface area contributed by atoms with Crippen molar-refractivity contribution in [2.24, 2.45) is 0 Å². The highest BCUT2D eigenvalue weighted by atomic mass is 35.5. The van der Waals surface area contributed by atoms with E-state index in [0.29, 0.717) is 6.04 Å². The van der Waals surface area contributed by atoms with Gasteiger partial charge in [-0.15, -0.1) is 0 Å². The minimum atomic E-state index is 0.0666. The summed E-state index contributed by atoms with van der Waals surface area (Å²) in [7, 11) is 0. The van der Waals surface area contributed by atoms with Gasteiger partial charge in [-0.2, -0.15) is 0 Å². The SMILES string of the molecule is CCCCNC1CC2(CCCC2)Oc2cc(C)c(Cl)cc21. The fourth-order valence-corrected chi connectivity index (χ4v) is 3.92. The Labute approximate surface area is 133 Å². The zero-order chi connectivity index (χ0) is 14.9. The third-order valence-corrected chi connectivity index (χ3v) is 5.41. The molecule has 1 fully saturated rings. The van der Waals surface area contributed by atoms with Crippen molar-refractivity contribution in [1.82, 2.24) is 5.32 Å². The number of halogens is 1. The molecule has 0 aromatic heterocycles. The Morgan fingerprint density at radius 3 is 2.81 bits per heavy atom. The van der Waals surface area contributed by atoms with E-state index in [1.165, 1.54) is 44.1 Å². The second-order valence-electron chi connectivity index (χ2n) is 6.70. The molecule has 1 saturated carbocycles. The number of ether oxygens (including phenoxy) is 1. The van der Waals surface area contributed by atoms with Crippen molar-refractivity contribution >= 4 is 11.6 Å². The first-order valence-corrected chi connectivity index (χ1v) is 8.74. The average molecular weight is 308 g/mol. The van der Waals surface area contributed by atoms with Crippen LogP contribution >= 0.6 is 11.6 Å². The Morgan fingerprint density at radius 1 is 1.33 bits per heavy atom. The van der Waals surface area contributed by atoms with Crippen molar-refractivity contribution in [2.75, 3.05) is 6.54 Å². The first kappa shape index (κ1) is 15.2. The molecule has 1 N–H and O–H groups in total. The molecule has 3 heteroatoms. The molecule has 1 unspecified atom stereocenters. The van der Waals surface area contributed by atoms with Crippen molar-refractivity contribution in [1.29, 1.82) is 0 Å². The third kappa shape index (κ3) is 3.07. The summed E-state index contributed by atoms with van der Waals surface area (Å²) < 4.78 is 6.45. The highest BCUT2D eigenvalue weighted by molar-refractivity contribution is 6.31. The minimum absolute atomic E-state index is 0.0666. The van der Waals surface area contributed by atoms with Gasteiger partial charge in [-0.05, 0) is 63.3 Å². The van der Waals surface area contributed by atoms with E-state index in [1.54, 1.807) is 0 Å². The van der Waals surface area contributed by atoms with E-state index in [2.05, 4.69) is 31.3 Å². The molecule has 1 atom stereocenters. The molecule has 1 spiro atoms. The number of fused-ring (bicyclic) bond motifs is 1. The van der Waals surface area contributed by atoms with Gasteiger partial charge < -0.3 is 10.1 Å². The third-order valence-electron chi connectivity index (χ3n) is 5.00. The standard InChI is InChI=1S/C18H26ClNO/c1-3-4-9-20-16-12-18(7-5-6-8-18)21-17-10-13(2)15(19)11-14(16)17/h10-11,16,20H,3-9,12H2,1-2H3. The maximum absolute atomic E-state index is 6.45. The van der Waals surface area contributed by atoms with Crippen LogP contribution < -0.4 is 10.1 Å². The molecule has 1 heterocycles. The molecular weight excluding hydrogens is 282 g/mol. The normalized spacial score (nSPS) is 23.1. The molecule has 1 aliphatic carbocycles. The highest BCUT2D eigenvalue weighted by Gasteiger charge is 2.43. The summed E-state index contributed by atoms with van der Waals surface area (Å²) in [6, 6.07) is 4.62. The molecule has 21 heavy (non-hydrogen) atoms. The van der Waals surface area contributed by atoms with E-state index >= 15 is 0 Å². The fraction of sp³-hybridized carbons (Fsp3) is 0.667. The summed E-state index contributed by atoms with van der Waals surface area (Å²) in [6.07, 6.45) is 8.51. The number of nitrogens with one attached hydrogen (secondary N) is 1. The van der Waals surface area contributed by atoms with Crippen LogP contribution in [-0.2, 0) is 0 Å². The number of benzene rings is 1. The Hall–Kier alpha value is -0.730. The average Bonchev–Trinajstić information content (AvgIpc) is 2.89. The molecule has 0 bridgehead atoms. The lowest BCUT2D eigenvalue weighted by Crippen LogP contribution is -2.42. The van der Waals surface area contributed by atoms with Crippen LogP contribution in [0.3, 0.4) is 0 Å². The number of unbranched alkanes of at least 4 members (excludes halogenated alkanes) is 1. The maximum Gasteiger partial charge on any atom is 0.125 e. The van der Waals surface area contributed by atoms with Gasteiger partial charge >= 0.3 is 0 Å². The fourth-order valence-electron chi connectivity index (χ4n) is 3.75. The molecule has 3 rings (SSSR count). The lowest BCUT2D eigenvalue weighted by atomic mass is 9.85. The van der Waals surface area contributed by atoms with E-state index in [9.17, 15) is 0 Å². The molecule has 2 nitrogen and oxygen atoms in total. The molecule has 116 valence electrons. The molecule has 0 radical (unpaired) electrons. The van der Waals surface area contributed by atoms with Gasteiger partial charge in [0.2, 0.25) is 0 Å². The van der Waals surface area contributed by atoms with Gasteiger partial charge in [0.25, 0.3) is 0 Å². The Bertz CT molecular complexity index is 508. The molecule has 1 aromatic carbocycles. The van der Waals surface area contributed by atoms with Crippen molar-refractivity contribution in [2.45, 2.75) is 70.4 Å². The van der Waals surface area contributed by atoms with Crippen LogP contribution in [-0.4, -0.2) is 12.1 Å². The van der Waals surface area contributed by atoms with Crippen LogP contribution in [0.1, 0.15) is 69.0 Å². The van der Waals surface area contributed by atoms with Crippen molar-refractivity contribution < 1.29 is 4.74 Å². The molecule has 0 amide bonds. The maximum atomic E-state index is 6.45. The highest BCUT2D eigenvalue weighted by Crippen LogP contribution is 2.48. The second-order valence-corrected chi connectivity index (χ2v) is 7.10. The first-order chi connectivity index (χ1) is 10.1. The number of hydrogen-bond acceptors (Lipinski definition) is 2. The Morgan fingerprint density at radius 2 is 2.10 bits per heavy atom. The van der Waals surface area contributed by atoms with Crippen LogP contribution in [0.5, 0.6) is 5.75 Å². The number of hydrogen-bond donors (Lipinski definition) is 1. The Kier molecular flexibility index (Phi) is 4.46. The number of rotatable bonds is 4. The molecule has 0 saturated heterocycles. The summed E-state index contributed by atoms with van der Waals surface area (Å²) in [4.78, 5) is 0. The van der Waals surface area contributed by atoms with Crippen molar-refractivity contribution in [3.8, 4) is 5.75 Å². The van der Waals surface area contributed by atoms with Crippen LogP contribution in [0.4, 0.5) is 0 Å². The number of aryl methyl sites for hydroxylation is 1. The molecule has 1 aromatic rings. The van der Waals surface area contributed by atoms with Crippen LogP contribution in [0.25, 0.3) is 0 Å². The second kappa shape index (κ2) is 6.18. The Balaban J connectivity index is 1.89. The predicted octanol–water partition coefficient (Wildman–Crippen LogP) is 5.17. The van der Waals surface area contributed by atoms with Gasteiger partial charge in [0.15, 0.2) is 0 Å². The quantitative estimate of drug-likeness (QED) is 0.774. The summed E-state index contributed by atoms with van der Waals surface area (Å²) in [5.74, 6) is 1.05. The first-order valence-electron chi connectivity index (χ1n) is 8.36. The van der Waals surface area contributed by atoms with Crippen molar-refractivity contribution in [3.63, 3.8) is 0 Å². The van der Waals surface area contributed by atoms with Crippen LogP contribution in [0, 0.1) is 6.92 Å². The summed E-state index contributed by atoms with van der Waals surface area (Å²) in [6.45, 7) is 5.36. The summed E-state index contributed by atoms with van der Waals surface area (Å²) in [5, 5.41) is 4.59. The van der Waals surface area contributed by atoms with E-state index in [1.807, 2.05) is 0 Å². The monoisotopic (exact) mass is 307 g/mol. The smallest absolute Gasteiger partial charge is 0.125 e. The molecule has 2 aliphatic rings. The van der Waals surface area contributed by atoms with Gasteiger partial charge in [-0.1, -0.05) is 24.9 Å².